The number of rotatable bonds is 21. The van der Waals surface area contributed by atoms with Gasteiger partial charge in [-0.3, -0.25) is 4.57 Å². The van der Waals surface area contributed by atoms with Crippen LogP contribution < -0.4 is 9.64 Å². The number of carbonyl (C=O) groups is 1. The van der Waals surface area contributed by atoms with Crippen LogP contribution in [0, 0.1) is 0 Å². The number of esters is 1. The summed E-state index contributed by atoms with van der Waals surface area (Å²) in [7, 11) is 0. The molecule has 0 aliphatic carbocycles. The number of aliphatic hydroxyl groups is 1. The Morgan fingerprint density at radius 1 is 0.800 bits per heavy atom. The second-order valence-corrected chi connectivity index (χ2v) is 11.1. The predicted molar refractivity (Wildman–Crippen MR) is 163 cm³/mol. The van der Waals surface area contributed by atoms with Crippen molar-refractivity contribution in [3.05, 3.63) is 35.9 Å². The summed E-state index contributed by atoms with van der Waals surface area (Å²) in [6, 6.07) is 8.34. The highest BCUT2D eigenvalue weighted by Gasteiger charge is 2.36. The molecule has 0 bridgehead atoms. The van der Waals surface area contributed by atoms with Crippen molar-refractivity contribution in [2.45, 2.75) is 130 Å². The van der Waals surface area contributed by atoms with Crippen LogP contribution in [0.2, 0.25) is 0 Å². The smallest absolute Gasteiger partial charge is 0.348 e. The summed E-state index contributed by atoms with van der Waals surface area (Å²) in [5.41, 5.74) is -0.527. The van der Waals surface area contributed by atoms with E-state index in [-0.39, 0.29) is 17.5 Å². The molecule has 226 valence electrons. The van der Waals surface area contributed by atoms with Crippen molar-refractivity contribution in [2.75, 3.05) is 18.0 Å². The lowest BCUT2D eigenvalue weighted by Gasteiger charge is -2.24. The van der Waals surface area contributed by atoms with Crippen molar-refractivity contribution < 1.29 is 24.9 Å². The molecule has 3 N–H and O–H groups in total. The third-order valence-electron chi connectivity index (χ3n) is 7.91. The Balaban J connectivity index is 1.73. The maximum Gasteiger partial charge on any atom is 0.348 e. The normalized spacial score (nSPS) is 12.8. The number of carbonyl (C=O) groups excluding carboxylic acids is 1. The van der Waals surface area contributed by atoms with E-state index in [1.807, 2.05) is 12.1 Å². The number of anilines is 1. The highest BCUT2D eigenvalue weighted by molar-refractivity contribution is 5.83. The van der Waals surface area contributed by atoms with E-state index in [0.717, 1.165) is 38.0 Å². The molecule has 0 amide bonds. The lowest BCUT2D eigenvalue weighted by molar-refractivity contribution is -0.154. The number of ether oxygens (including phenoxy) is 1. The number of unbranched alkanes of at least 4 members (excludes halogenated alkanes) is 13. The first-order valence-electron chi connectivity index (χ1n) is 15.7. The van der Waals surface area contributed by atoms with Gasteiger partial charge in [-0.2, -0.15) is 0 Å². The van der Waals surface area contributed by atoms with E-state index in [1.165, 1.54) is 88.2 Å². The molecule has 2 rings (SSSR count). The lowest BCUT2D eigenvalue weighted by Crippen LogP contribution is -2.36. The van der Waals surface area contributed by atoms with Crippen LogP contribution in [0.15, 0.2) is 30.3 Å². The quantitative estimate of drug-likeness (QED) is 0.106. The van der Waals surface area contributed by atoms with Crippen LogP contribution in [0.25, 0.3) is 0 Å². The second kappa shape index (κ2) is 17.9. The molecule has 7 heteroatoms. The summed E-state index contributed by atoms with van der Waals surface area (Å²) < 4.78 is 6.68. The topological polar surface area (TPSA) is 95.2 Å². The van der Waals surface area contributed by atoms with Gasteiger partial charge in [0.05, 0.1) is 0 Å². The van der Waals surface area contributed by atoms with Gasteiger partial charge in [0.2, 0.25) is 5.88 Å². The summed E-state index contributed by atoms with van der Waals surface area (Å²) in [6.07, 6.45) is 17.6. The standard InChI is InChI=1S/C33H54N2O5/c1-5-8-9-10-11-12-13-14-15-16-17-18-19-20-25-35-30(36)26-29(31(35)37)40-32(38)33(4,39)27-21-23-28(24-22-27)34(6-2)7-3/h21-24,26,36-37,39H,5-20,25H2,1-4H3. The Labute approximate surface area is 242 Å². The number of benzene rings is 1. The SMILES string of the molecule is CCCCCCCCCCCCCCCCn1c(O)cc(OC(=O)C(C)(O)c2ccc(N(CC)CC)cc2)c1O. The predicted octanol–water partition coefficient (Wildman–Crippen LogP) is 8.04. The van der Waals surface area contributed by atoms with E-state index in [0.29, 0.717) is 12.1 Å². The van der Waals surface area contributed by atoms with Gasteiger partial charge >= 0.3 is 5.97 Å². The Bertz CT molecular complexity index is 979. The number of hydrogen-bond donors (Lipinski definition) is 3. The van der Waals surface area contributed by atoms with E-state index in [2.05, 4.69) is 25.7 Å². The van der Waals surface area contributed by atoms with Gasteiger partial charge in [-0.05, 0) is 44.9 Å². The minimum Gasteiger partial charge on any atom is -0.494 e. The molecule has 0 spiro atoms. The van der Waals surface area contributed by atoms with Crippen LogP contribution in [-0.4, -0.2) is 38.9 Å². The first-order chi connectivity index (χ1) is 19.3. The molecule has 7 nitrogen and oxygen atoms in total. The van der Waals surface area contributed by atoms with Gasteiger partial charge < -0.3 is 25.0 Å². The summed E-state index contributed by atoms with van der Waals surface area (Å²) in [6.45, 7) is 9.89. The van der Waals surface area contributed by atoms with Crippen LogP contribution in [0.4, 0.5) is 5.69 Å². The largest absolute Gasteiger partial charge is 0.494 e. The first-order valence-corrected chi connectivity index (χ1v) is 15.7. The Morgan fingerprint density at radius 2 is 1.27 bits per heavy atom. The van der Waals surface area contributed by atoms with Crippen LogP contribution in [-0.2, 0) is 16.9 Å². The number of hydrogen-bond acceptors (Lipinski definition) is 6. The van der Waals surface area contributed by atoms with Gasteiger partial charge in [0.15, 0.2) is 17.2 Å². The molecule has 1 heterocycles. The molecule has 40 heavy (non-hydrogen) atoms. The van der Waals surface area contributed by atoms with Crippen LogP contribution in [0.5, 0.6) is 17.5 Å². The molecule has 0 saturated heterocycles. The zero-order valence-electron chi connectivity index (χ0n) is 25.5. The summed E-state index contributed by atoms with van der Waals surface area (Å²) in [5.74, 6) is -1.56. The van der Waals surface area contributed by atoms with Gasteiger partial charge in [0.25, 0.3) is 0 Å². The highest BCUT2D eigenvalue weighted by Crippen LogP contribution is 2.36. The molecular weight excluding hydrogens is 504 g/mol. The minimum absolute atomic E-state index is 0.159. The molecule has 1 aromatic carbocycles. The molecule has 0 aliphatic heterocycles. The molecule has 0 saturated carbocycles. The van der Waals surface area contributed by atoms with Crippen LogP contribution in [0.1, 0.15) is 123 Å². The number of aromatic hydroxyl groups is 2. The first kappa shape index (κ1) is 33.5. The maximum atomic E-state index is 12.9. The number of aromatic nitrogens is 1. The highest BCUT2D eigenvalue weighted by atomic mass is 16.6. The Hall–Kier alpha value is -2.67. The molecule has 1 unspecified atom stereocenters. The van der Waals surface area contributed by atoms with E-state index >= 15 is 0 Å². The third-order valence-corrected chi connectivity index (χ3v) is 7.91. The van der Waals surface area contributed by atoms with E-state index in [9.17, 15) is 20.1 Å². The average molecular weight is 559 g/mol. The van der Waals surface area contributed by atoms with Crippen molar-refractivity contribution >= 4 is 11.7 Å². The van der Waals surface area contributed by atoms with Crippen LogP contribution >= 0.6 is 0 Å². The molecule has 0 aliphatic rings. The van der Waals surface area contributed by atoms with Crippen molar-refractivity contribution in [1.29, 1.82) is 0 Å². The van der Waals surface area contributed by atoms with E-state index < -0.39 is 11.6 Å². The molecule has 0 radical (unpaired) electrons. The minimum atomic E-state index is -1.92. The van der Waals surface area contributed by atoms with Crippen LogP contribution in [0.3, 0.4) is 0 Å². The van der Waals surface area contributed by atoms with Gasteiger partial charge in [-0.15, -0.1) is 0 Å². The fourth-order valence-electron chi connectivity index (χ4n) is 5.16. The summed E-state index contributed by atoms with van der Waals surface area (Å²) >= 11 is 0. The molecule has 1 atom stereocenters. The maximum absolute atomic E-state index is 12.9. The van der Waals surface area contributed by atoms with Crippen molar-refractivity contribution in [2.24, 2.45) is 0 Å². The second-order valence-electron chi connectivity index (χ2n) is 11.1. The average Bonchev–Trinajstić information content (AvgIpc) is 3.21. The van der Waals surface area contributed by atoms with Crippen molar-refractivity contribution in [1.82, 2.24) is 4.57 Å². The van der Waals surface area contributed by atoms with E-state index in [4.69, 9.17) is 4.74 Å². The zero-order chi connectivity index (χ0) is 29.4. The van der Waals surface area contributed by atoms with Gasteiger partial charge in [0, 0.05) is 31.4 Å². The zero-order valence-corrected chi connectivity index (χ0v) is 25.5. The Kier molecular flexibility index (Phi) is 15.0. The monoisotopic (exact) mass is 558 g/mol. The summed E-state index contributed by atoms with van der Waals surface area (Å²) in [4.78, 5) is 15.0. The van der Waals surface area contributed by atoms with E-state index in [1.54, 1.807) is 12.1 Å². The van der Waals surface area contributed by atoms with Gasteiger partial charge in [-0.25, -0.2) is 4.79 Å². The Morgan fingerprint density at radius 3 is 1.75 bits per heavy atom. The molecule has 1 aromatic heterocycles. The van der Waals surface area contributed by atoms with Gasteiger partial charge in [-0.1, -0.05) is 103 Å². The molecular formula is C33H54N2O5. The molecule has 2 aromatic rings. The lowest BCUT2D eigenvalue weighted by atomic mass is 9.96. The van der Waals surface area contributed by atoms with Gasteiger partial charge in [0.1, 0.15) is 0 Å². The number of nitrogens with zero attached hydrogens (tertiary/aromatic N) is 2. The summed E-state index contributed by atoms with van der Waals surface area (Å²) in [5, 5.41) is 31.8. The molecule has 0 fully saturated rings. The van der Waals surface area contributed by atoms with Crippen molar-refractivity contribution in [3.63, 3.8) is 0 Å². The third kappa shape index (κ3) is 10.4. The van der Waals surface area contributed by atoms with Crippen molar-refractivity contribution in [3.8, 4) is 17.5 Å². The fourth-order valence-corrected chi connectivity index (χ4v) is 5.16. The fraction of sp³-hybridized carbons (Fsp3) is 0.667.